The highest BCUT2D eigenvalue weighted by Crippen LogP contribution is 2.38. The van der Waals surface area contributed by atoms with Gasteiger partial charge in [-0.15, -0.1) is 0 Å². The number of rotatable bonds is 5. The van der Waals surface area contributed by atoms with Crippen LogP contribution < -0.4 is 4.90 Å². The van der Waals surface area contributed by atoms with Crippen LogP contribution in [0.15, 0.2) is 27.1 Å². The van der Waals surface area contributed by atoms with Crippen molar-refractivity contribution >= 4 is 43.5 Å². The molecule has 0 amide bonds. The predicted molar refractivity (Wildman–Crippen MR) is 100 cm³/mol. The van der Waals surface area contributed by atoms with Crippen LogP contribution >= 0.6 is 31.9 Å². The van der Waals surface area contributed by atoms with Gasteiger partial charge in [0.1, 0.15) is 0 Å². The number of benzene rings is 1. The van der Waals surface area contributed by atoms with Crippen molar-refractivity contribution in [1.29, 1.82) is 0 Å². The molecular formula is C17H21Br2N3. The molecule has 0 spiro atoms. The lowest BCUT2D eigenvalue weighted by atomic mass is 10.1. The van der Waals surface area contributed by atoms with Gasteiger partial charge in [0.25, 0.3) is 0 Å². The van der Waals surface area contributed by atoms with Crippen LogP contribution in [0.4, 0.5) is 11.6 Å². The van der Waals surface area contributed by atoms with E-state index in [1.165, 1.54) is 5.56 Å². The Bertz CT molecular complexity index is 628. The quantitative estimate of drug-likeness (QED) is 0.611. The van der Waals surface area contributed by atoms with E-state index >= 15 is 0 Å². The molecule has 0 saturated carbocycles. The Labute approximate surface area is 149 Å². The summed E-state index contributed by atoms with van der Waals surface area (Å²) in [5, 5.41) is 0. The maximum Gasteiger partial charge on any atom is 0.230 e. The summed E-state index contributed by atoms with van der Waals surface area (Å²) < 4.78 is 2.13. The van der Waals surface area contributed by atoms with Gasteiger partial charge in [-0.25, -0.2) is 9.97 Å². The zero-order valence-corrected chi connectivity index (χ0v) is 16.6. The summed E-state index contributed by atoms with van der Waals surface area (Å²) in [4.78, 5) is 11.3. The summed E-state index contributed by atoms with van der Waals surface area (Å²) >= 11 is 7.43. The second-order valence-electron chi connectivity index (χ2n) is 5.35. The number of nitrogens with zero attached hydrogens (tertiary/aromatic N) is 3. The largest absolute Gasteiger partial charge is 0.309 e. The van der Waals surface area contributed by atoms with Gasteiger partial charge in [0.05, 0.1) is 5.69 Å². The molecule has 0 fully saturated rings. The van der Waals surface area contributed by atoms with Crippen molar-refractivity contribution in [2.45, 2.75) is 40.5 Å². The minimum Gasteiger partial charge on any atom is -0.309 e. The maximum absolute atomic E-state index is 4.60. The maximum atomic E-state index is 4.60. The van der Waals surface area contributed by atoms with Crippen molar-refractivity contribution in [3.63, 3.8) is 0 Å². The molecule has 2 aromatic rings. The first-order valence-corrected chi connectivity index (χ1v) is 9.12. The molecule has 0 N–H and O–H groups in total. The van der Waals surface area contributed by atoms with E-state index in [9.17, 15) is 0 Å². The predicted octanol–water partition coefficient (Wildman–Crippen LogP) is 5.73. The fourth-order valence-electron chi connectivity index (χ4n) is 2.54. The Balaban J connectivity index is 2.51. The number of aryl methyl sites for hydroxylation is 3. The van der Waals surface area contributed by atoms with E-state index < -0.39 is 0 Å². The molecule has 0 saturated heterocycles. The van der Waals surface area contributed by atoms with E-state index in [-0.39, 0.29) is 0 Å². The number of anilines is 2. The van der Waals surface area contributed by atoms with Crippen LogP contribution in [0, 0.1) is 13.8 Å². The van der Waals surface area contributed by atoms with Crippen LogP contribution in [0.1, 0.15) is 37.2 Å². The van der Waals surface area contributed by atoms with Crippen LogP contribution in [0.2, 0.25) is 0 Å². The van der Waals surface area contributed by atoms with Crippen molar-refractivity contribution in [3.05, 3.63) is 44.1 Å². The van der Waals surface area contributed by atoms with Crippen molar-refractivity contribution in [2.24, 2.45) is 0 Å². The molecule has 0 unspecified atom stereocenters. The molecule has 0 atom stereocenters. The smallest absolute Gasteiger partial charge is 0.230 e. The average Bonchev–Trinajstić information content (AvgIpc) is 2.42. The normalized spacial score (nSPS) is 10.8. The Morgan fingerprint density at radius 2 is 1.50 bits per heavy atom. The topological polar surface area (TPSA) is 29.0 Å². The molecule has 118 valence electrons. The number of halogens is 2. The summed E-state index contributed by atoms with van der Waals surface area (Å²) in [6.45, 7) is 9.10. The molecule has 0 bridgehead atoms. The van der Waals surface area contributed by atoms with E-state index in [2.05, 4.69) is 72.7 Å². The first-order valence-electron chi connectivity index (χ1n) is 7.54. The van der Waals surface area contributed by atoms with Crippen molar-refractivity contribution in [3.8, 4) is 0 Å². The first kappa shape index (κ1) is 17.4. The summed E-state index contributed by atoms with van der Waals surface area (Å²) in [5.74, 6) is 0.740. The number of aromatic nitrogens is 2. The molecule has 2 rings (SSSR count). The van der Waals surface area contributed by atoms with Crippen LogP contribution in [-0.2, 0) is 6.42 Å². The van der Waals surface area contributed by atoms with Crippen LogP contribution in [0.25, 0.3) is 0 Å². The Morgan fingerprint density at radius 1 is 0.955 bits per heavy atom. The molecule has 22 heavy (non-hydrogen) atoms. The highest BCUT2D eigenvalue weighted by atomic mass is 79.9. The van der Waals surface area contributed by atoms with Crippen molar-refractivity contribution < 1.29 is 0 Å². The van der Waals surface area contributed by atoms with Gasteiger partial charge in [0.2, 0.25) is 5.95 Å². The molecule has 0 aliphatic heterocycles. The molecule has 0 aliphatic rings. The third kappa shape index (κ3) is 3.87. The summed E-state index contributed by atoms with van der Waals surface area (Å²) in [6, 6.07) is 6.37. The first-order chi connectivity index (χ1) is 10.5. The van der Waals surface area contributed by atoms with Crippen LogP contribution in [0.3, 0.4) is 0 Å². The van der Waals surface area contributed by atoms with E-state index in [1.807, 2.05) is 19.9 Å². The van der Waals surface area contributed by atoms with Gasteiger partial charge >= 0.3 is 0 Å². The van der Waals surface area contributed by atoms with E-state index in [1.54, 1.807) is 0 Å². The Morgan fingerprint density at radius 3 is 1.95 bits per heavy atom. The lowest BCUT2D eigenvalue weighted by Crippen LogP contribution is -2.20. The molecular weight excluding hydrogens is 406 g/mol. The minimum atomic E-state index is 0.740. The van der Waals surface area contributed by atoms with Gasteiger partial charge in [-0.2, -0.15) is 0 Å². The second kappa shape index (κ2) is 7.55. The monoisotopic (exact) mass is 425 g/mol. The summed E-state index contributed by atoms with van der Waals surface area (Å²) in [5.41, 5.74) is 4.36. The lowest BCUT2D eigenvalue weighted by molar-refractivity contribution is 0.903. The standard InChI is InChI=1S/C17H21Br2N3/c1-5-7-13-9-14(18)16(15(19)10-13)22(6-2)17-20-11(3)8-12(4)21-17/h8-10H,5-7H2,1-4H3. The van der Waals surface area contributed by atoms with Gasteiger partial charge < -0.3 is 4.90 Å². The highest BCUT2D eigenvalue weighted by molar-refractivity contribution is 9.11. The number of hydrogen-bond donors (Lipinski definition) is 0. The Kier molecular flexibility index (Phi) is 5.98. The third-order valence-corrected chi connectivity index (χ3v) is 4.62. The minimum absolute atomic E-state index is 0.740. The molecule has 3 nitrogen and oxygen atoms in total. The van der Waals surface area contributed by atoms with Crippen molar-refractivity contribution in [1.82, 2.24) is 9.97 Å². The van der Waals surface area contributed by atoms with Gasteiger partial charge in [-0.1, -0.05) is 13.3 Å². The van der Waals surface area contributed by atoms with Gasteiger partial charge in [0, 0.05) is 26.9 Å². The molecule has 0 aliphatic carbocycles. The average molecular weight is 427 g/mol. The van der Waals surface area contributed by atoms with E-state index in [0.29, 0.717) is 0 Å². The van der Waals surface area contributed by atoms with Crippen LogP contribution in [-0.4, -0.2) is 16.5 Å². The lowest BCUT2D eigenvalue weighted by Gasteiger charge is -2.24. The molecule has 1 aromatic carbocycles. The number of hydrogen-bond acceptors (Lipinski definition) is 3. The fourth-order valence-corrected chi connectivity index (χ4v) is 4.25. The Hall–Kier alpha value is -0.940. The van der Waals surface area contributed by atoms with E-state index in [0.717, 1.165) is 51.4 Å². The molecule has 1 heterocycles. The van der Waals surface area contributed by atoms with Gasteiger partial charge in [0.15, 0.2) is 0 Å². The SMILES string of the molecule is CCCc1cc(Br)c(N(CC)c2nc(C)cc(C)n2)c(Br)c1. The highest BCUT2D eigenvalue weighted by Gasteiger charge is 2.18. The molecule has 1 aromatic heterocycles. The second-order valence-corrected chi connectivity index (χ2v) is 7.06. The zero-order valence-electron chi connectivity index (χ0n) is 13.5. The van der Waals surface area contributed by atoms with E-state index in [4.69, 9.17) is 0 Å². The molecule has 5 heteroatoms. The van der Waals surface area contributed by atoms with Crippen molar-refractivity contribution in [2.75, 3.05) is 11.4 Å². The summed E-state index contributed by atoms with van der Waals surface area (Å²) in [6.07, 6.45) is 2.21. The fraction of sp³-hybridized carbons (Fsp3) is 0.412. The summed E-state index contributed by atoms with van der Waals surface area (Å²) in [7, 11) is 0. The van der Waals surface area contributed by atoms with Gasteiger partial charge in [-0.05, 0) is 82.8 Å². The third-order valence-electron chi connectivity index (χ3n) is 3.41. The van der Waals surface area contributed by atoms with Gasteiger partial charge in [-0.3, -0.25) is 0 Å². The molecule has 0 radical (unpaired) electrons. The van der Waals surface area contributed by atoms with Crippen LogP contribution in [0.5, 0.6) is 0 Å². The zero-order chi connectivity index (χ0) is 16.3.